The van der Waals surface area contributed by atoms with Crippen molar-refractivity contribution in [1.29, 1.82) is 0 Å². The van der Waals surface area contributed by atoms with Gasteiger partial charge in [0.25, 0.3) is 0 Å². The van der Waals surface area contributed by atoms with Crippen LogP contribution in [0, 0.1) is 0 Å². The van der Waals surface area contributed by atoms with E-state index in [9.17, 15) is 0 Å². The van der Waals surface area contributed by atoms with Crippen LogP contribution in [-0.2, 0) is 13.6 Å². The number of hydrogen-bond donors (Lipinski definition) is 0. The molecule has 3 nitrogen and oxygen atoms in total. The third kappa shape index (κ3) is 36.0. The second kappa shape index (κ2) is 15.7. The molecule has 0 fully saturated rings. The summed E-state index contributed by atoms with van der Waals surface area (Å²) in [6.45, 7) is 0. The lowest BCUT2D eigenvalue weighted by atomic mass is 11.6. The van der Waals surface area contributed by atoms with Crippen LogP contribution in [0.1, 0.15) is 0 Å². The summed E-state index contributed by atoms with van der Waals surface area (Å²) in [6, 6.07) is 0. The Labute approximate surface area is 53.0 Å². The van der Waals surface area contributed by atoms with Gasteiger partial charge in [-0.15, -0.1) is 0 Å². The molecule has 0 aliphatic rings. The molecule has 0 bridgehead atoms. The average Bonchev–Trinajstić information content (AvgIpc) is 1.71. The maximum Gasteiger partial charge on any atom is 0.303 e. The molecule has 8 heavy (non-hydrogen) atoms. The number of ether oxygens (including phenoxy) is 1. The monoisotopic (exact) mass is 138 g/mol. The van der Waals surface area contributed by atoms with E-state index in [4.69, 9.17) is 0 Å². The van der Waals surface area contributed by atoms with Crippen molar-refractivity contribution in [3.63, 3.8) is 0 Å². The third-order valence-electron chi connectivity index (χ3n) is 0.236. The van der Waals surface area contributed by atoms with E-state index >= 15 is 0 Å². The largest absolute Gasteiger partial charge is 0.402 e. The number of hydrogen-bond acceptors (Lipinski definition) is 3. The first-order chi connectivity index (χ1) is 3.83. The molecular formula is C4H14O3Si. The summed E-state index contributed by atoms with van der Waals surface area (Å²) in [6.07, 6.45) is 0. The van der Waals surface area contributed by atoms with Gasteiger partial charge in [-0.25, -0.2) is 0 Å². The fourth-order valence-electron chi connectivity index (χ4n) is 0.118. The van der Waals surface area contributed by atoms with Crippen molar-refractivity contribution < 1.29 is 13.6 Å². The fraction of sp³-hybridized carbons (Fsp3) is 1.00. The molecule has 0 unspecified atom stereocenters. The lowest BCUT2D eigenvalue weighted by Crippen LogP contribution is -1.93. The molecule has 0 rings (SSSR count). The molecule has 0 heterocycles. The molecular weight excluding hydrogens is 124 g/mol. The Morgan fingerprint density at radius 1 is 0.875 bits per heavy atom. The van der Waals surface area contributed by atoms with Gasteiger partial charge in [0.2, 0.25) is 0 Å². The van der Waals surface area contributed by atoms with E-state index in [1.165, 1.54) is 0 Å². The highest BCUT2D eigenvalue weighted by Crippen LogP contribution is 1.55. The molecule has 0 radical (unpaired) electrons. The van der Waals surface area contributed by atoms with Crippen LogP contribution in [0.4, 0.5) is 0 Å². The van der Waals surface area contributed by atoms with Crippen LogP contribution in [-0.4, -0.2) is 38.4 Å². The van der Waals surface area contributed by atoms with E-state index < -0.39 is 10.0 Å². The van der Waals surface area contributed by atoms with Crippen LogP contribution in [0.2, 0.25) is 0 Å². The summed E-state index contributed by atoms with van der Waals surface area (Å²) in [5, 5.41) is 0. The molecule has 0 amide bonds. The van der Waals surface area contributed by atoms with Crippen molar-refractivity contribution in [1.82, 2.24) is 0 Å². The first-order valence-corrected chi connectivity index (χ1v) is 3.37. The smallest absolute Gasteiger partial charge is 0.303 e. The van der Waals surface area contributed by atoms with Crippen LogP contribution in [0.15, 0.2) is 0 Å². The molecule has 0 aromatic rings. The third-order valence-corrected chi connectivity index (χ3v) is 0.707. The minimum Gasteiger partial charge on any atom is -0.402 e. The lowest BCUT2D eigenvalue weighted by Gasteiger charge is -1.86. The summed E-state index contributed by atoms with van der Waals surface area (Å²) < 4.78 is 13.5. The first kappa shape index (κ1) is 11.0. The molecule has 0 aromatic heterocycles. The standard InChI is InChI=1S/C2H8O2Si.C2H6O/c1-3-5-4-2;1-3-2/h5H2,1-2H3;1-2H3. The minimum atomic E-state index is -0.568. The van der Waals surface area contributed by atoms with Crippen molar-refractivity contribution in [2.45, 2.75) is 0 Å². The highest BCUT2D eigenvalue weighted by Gasteiger charge is 1.67. The predicted molar refractivity (Wildman–Crippen MR) is 35.5 cm³/mol. The molecule has 0 N–H and O–H groups in total. The second-order valence-corrected chi connectivity index (χ2v) is 2.49. The summed E-state index contributed by atoms with van der Waals surface area (Å²) in [4.78, 5) is 0. The maximum atomic E-state index is 4.61. The van der Waals surface area contributed by atoms with Crippen LogP contribution in [0.5, 0.6) is 0 Å². The van der Waals surface area contributed by atoms with E-state index in [1.54, 1.807) is 28.4 Å². The van der Waals surface area contributed by atoms with E-state index in [-0.39, 0.29) is 0 Å². The maximum absolute atomic E-state index is 4.61. The molecule has 52 valence electrons. The van der Waals surface area contributed by atoms with Crippen LogP contribution in [0.25, 0.3) is 0 Å². The molecule has 0 saturated carbocycles. The van der Waals surface area contributed by atoms with E-state index in [0.717, 1.165) is 0 Å². The van der Waals surface area contributed by atoms with Gasteiger partial charge in [0.05, 0.1) is 0 Å². The van der Waals surface area contributed by atoms with Gasteiger partial charge in [-0.2, -0.15) is 0 Å². The Bertz CT molecular complexity index is 25.2. The van der Waals surface area contributed by atoms with Gasteiger partial charge in [0.15, 0.2) is 0 Å². The molecule has 0 saturated heterocycles. The molecule has 0 aliphatic carbocycles. The number of methoxy groups -OCH3 is 1. The number of rotatable bonds is 2. The van der Waals surface area contributed by atoms with Gasteiger partial charge in [0.1, 0.15) is 0 Å². The first-order valence-electron chi connectivity index (χ1n) is 2.21. The molecule has 0 aliphatic heterocycles. The zero-order chi connectivity index (χ0) is 6.83. The van der Waals surface area contributed by atoms with Crippen molar-refractivity contribution >= 4 is 10.0 Å². The Morgan fingerprint density at radius 3 is 1.12 bits per heavy atom. The van der Waals surface area contributed by atoms with Crippen LogP contribution in [0.3, 0.4) is 0 Å². The van der Waals surface area contributed by atoms with Gasteiger partial charge in [-0.05, 0) is 0 Å². The SMILES string of the molecule is COC.CO[SiH2]OC. The van der Waals surface area contributed by atoms with Crippen molar-refractivity contribution in [3.05, 3.63) is 0 Å². The molecule has 0 aromatic carbocycles. The quantitative estimate of drug-likeness (QED) is 0.483. The summed E-state index contributed by atoms with van der Waals surface area (Å²) >= 11 is 0. The van der Waals surface area contributed by atoms with Gasteiger partial charge in [-0.1, -0.05) is 0 Å². The Morgan fingerprint density at radius 2 is 1.12 bits per heavy atom. The topological polar surface area (TPSA) is 27.7 Å². The predicted octanol–water partition coefficient (Wildman–Crippen LogP) is -0.459. The van der Waals surface area contributed by atoms with E-state index in [1.807, 2.05) is 0 Å². The minimum absolute atomic E-state index is 0.568. The summed E-state index contributed by atoms with van der Waals surface area (Å²) in [5.74, 6) is 0. The lowest BCUT2D eigenvalue weighted by molar-refractivity contribution is 0.277. The Kier molecular flexibility index (Phi) is 21.6. The highest BCUT2D eigenvalue weighted by molar-refractivity contribution is 6.17. The van der Waals surface area contributed by atoms with Gasteiger partial charge in [-0.3, -0.25) is 0 Å². The van der Waals surface area contributed by atoms with Crippen LogP contribution >= 0.6 is 0 Å². The van der Waals surface area contributed by atoms with Crippen LogP contribution < -0.4 is 0 Å². The summed E-state index contributed by atoms with van der Waals surface area (Å²) in [5.41, 5.74) is 0. The second-order valence-electron chi connectivity index (χ2n) is 1.10. The fourth-order valence-corrected chi connectivity index (χ4v) is 0.354. The zero-order valence-corrected chi connectivity index (χ0v) is 7.35. The molecule has 0 spiro atoms. The molecule has 0 atom stereocenters. The Hall–Kier alpha value is 0.0969. The van der Waals surface area contributed by atoms with Crippen molar-refractivity contribution in [2.75, 3.05) is 28.4 Å². The van der Waals surface area contributed by atoms with Gasteiger partial charge < -0.3 is 13.6 Å². The molecule has 4 heteroatoms. The average molecular weight is 138 g/mol. The Balaban J connectivity index is 0. The highest BCUT2D eigenvalue weighted by atomic mass is 28.3. The summed E-state index contributed by atoms with van der Waals surface area (Å²) in [7, 11) is 5.98. The van der Waals surface area contributed by atoms with Crippen molar-refractivity contribution in [3.8, 4) is 0 Å². The van der Waals surface area contributed by atoms with Crippen molar-refractivity contribution in [2.24, 2.45) is 0 Å². The van der Waals surface area contributed by atoms with Gasteiger partial charge >= 0.3 is 10.0 Å². The van der Waals surface area contributed by atoms with Gasteiger partial charge in [0, 0.05) is 28.4 Å². The van der Waals surface area contributed by atoms with E-state index in [2.05, 4.69) is 13.6 Å². The normalized spacial score (nSPS) is 7.50. The van der Waals surface area contributed by atoms with E-state index in [0.29, 0.717) is 0 Å². The zero-order valence-electron chi connectivity index (χ0n) is 5.93.